The minimum Gasteiger partial charge on any atom is -0.397 e. The fourth-order valence-corrected chi connectivity index (χ4v) is 1.93. The summed E-state index contributed by atoms with van der Waals surface area (Å²) < 4.78 is 13.6. The average Bonchev–Trinajstić information content (AvgIpc) is 3.02. The molecule has 0 radical (unpaired) electrons. The first kappa shape index (κ1) is 11.7. The quantitative estimate of drug-likeness (QED) is 0.746. The number of anilines is 2. The van der Waals surface area contributed by atoms with Crippen LogP contribution < -0.4 is 11.1 Å². The highest BCUT2D eigenvalue weighted by molar-refractivity contribution is 9.10. The van der Waals surface area contributed by atoms with Crippen molar-refractivity contribution in [2.24, 2.45) is 5.41 Å². The van der Waals surface area contributed by atoms with Gasteiger partial charge in [-0.3, -0.25) is 0 Å². The van der Waals surface area contributed by atoms with Gasteiger partial charge in [0, 0.05) is 18.0 Å². The lowest BCUT2D eigenvalue weighted by molar-refractivity contribution is 0.220. The molecule has 0 atom stereocenters. The molecule has 1 saturated carbocycles. The molecule has 16 heavy (non-hydrogen) atoms. The molecule has 1 fully saturated rings. The highest BCUT2D eigenvalue weighted by atomic mass is 79.9. The molecular formula is C11H14BrFN2O. The predicted molar refractivity (Wildman–Crippen MR) is 65.8 cm³/mol. The fraction of sp³-hybridized carbons (Fsp3) is 0.455. The molecule has 88 valence electrons. The number of aliphatic hydroxyl groups excluding tert-OH is 1. The summed E-state index contributed by atoms with van der Waals surface area (Å²) in [5, 5.41) is 12.2. The summed E-state index contributed by atoms with van der Waals surface area (Å²) in [7, 11) is 0. The maximum atomic E-state index is 13.3. The highest BCUT2D eigenvalue weighted by Crippen LogP contribution is 2.45. The first-order chi connectivity index (χ1) is 7.56. The van der Waals surface area contributed by atoms with E-state index in [2.05, 4.69) is 21.2 Å². The Bertz CT molecular complexity index is 407. The molecule has 0 spiro atoms. The molecule has 2 rings (SSSR count). The van der Waals surface area contributed by atoms with Gasteiger partial charge in [-0.1, -0.05) is 0 Å². The summed E-state index contributed by atoms with van der Waals surface area (Å²) in [6.45, 7) is 0.799. The van der Waals surface area contributed by atoms with Crippen LogP contribution in [0.2, 0.25) is 0 Å². The van der Waals surface area contributed by atoms with Crippen molar-refractivity contribution in [3.05, 3.63) is 22.4 Å². The van der Waals surface area contributed by atoms with Gasteiger partial charge in [-0.15, -0.1) is 0 Å². The van der Waals surface area contributed by atoms with Crippen molar-refractivity contribution in [2.75, 3.05) is 24.2 Å². The number of hydrogen-bond donors (Lipinski definition) is 3. The van der Waals surface area contributed by atoms with Gasteiger partial charge in [-0.2, -0.15) is 0 Å². The zero-order valence-corrected chi connectivity index (χ0v) is 10.3. The minimum atomic E-state index is -0.342. The van der Waals surface area contributed by atoms with Crippen LogP contribution in [-0.4, -0.2) is 18.3 Å². The van der Waals surface area contributed by atoms with Crippen molar-refractivity contribution in [2.45, 2.75) is 12.8 Å². The predicted octanol–water partition coefficient (Wildman–Crippen LogP) is 2.35. The average molecular weight is 289 g/mol. The van der Waals surface area contributed by atoms with Crippen LogP contribution >= 0.6 is 15.9 Å². The van der Waals surface area contributed by atoms with Crippen molar-refractivity contribution < 1.29 is 9.50 Å². The Hall–Kier alpha value is -0.810. The summed E-state index contributed by atoms with van der Waals surface area (Å²) in [4.78, 5) is 0. The standard InChI is InChI=1S/C11H14BrFN2O/c12-7-3-9(14)10(4-8(7)13)15-5-11(6-16)1-2-11/h3-4,15-16H,1-2,5-6,14H2. The van der Waals surface area contributed by atoms with E-state index in [-0.39, 0.29) is 17.8 Å². The maximum absolute atomic E-state index is 13.3. The van der Waals surface area contributed by atoms with Crippen LogP contribution in [0, 0.1) is 11.2 Å². The topological polar surface area (TPSA) is 58.3 Å². The van der Waals surface area contributed by atoms with Crippen molar-refractivity contribution >= 4 is 27.3 Å². The molecule has 5 heteroatoms. The molecule has 0 heterocycles. The molecule has 0 aliphatic heterocycles. The zero-order chi connectivity index (χ0) is 11.8. The lowest BCUT2D eigenvalue weighted by atomic mass is 10.1. The summed E-state index contributed by atoms with van der Waals surface area (Å²) in [6.07, 6.45) is 2.02. The molecule has 0 saturated heterocycles. The Labute approximate surface area is 102 Å². The molecular weight excluding hydrogens is 275 g/mol. The van der Waals surface area contributed by atoms with Crippen molar-refractivity contribution in [3.8, 4) is 0 Å². The summed E-state index contributed by atoms with van der Waals surface area (Å²) in [5.41, 5.74) is 6.83. The molecule has 0 aromatic heterocycles. The molecule has 4 N–H and O–H groups in total. The van der Waals surface area contributed by atoms with E-state index < -0.39 is 0 Å². The van der Waals surface area contributed by atoms with Gasteiger partial charge in [0.05, 0.1) is 22.5 Å². The van der Waals surface area contributed by atoms with Gasteiger partial charge < -0.3 is 16.2 Å². The second-order valence-corrected chi connectivity index (χ2v) is 5.22. The Morgan fingerprint density at radius 1 is 1.50 bits per heavy atom. The third-order valence-corrected chi connectivity index (χ3v) is 3.65. The molecule has 0 bridgehead atoms. The van der Waals surface area contributed by atoms with E-state index in [9.17, 15) is 4.39 Å². The molecule has 1 aliphatic rings. The molecule has 1 aromatic carbocycles. The van der Waals surface area contributed by atoms with Crippen LogP contribution in [0.25, 0.3) is 0 Å². The number of rotatable bonds is 4. The summed E-state index contributed by atoms with van der Waals surface area (Å²) in [5.74, 6) is -0.342. The molecule has 1 aliphatic carbocycles. The fourth-order valence-electron chi connectivity index (χ4n) is 1.57. The van der Waals surface area contributed by atoms with Gasteiger partial charge in [0.2, 0.25) is 0 Å². The van der Waals surface area contributed by atoms with Crippen LogP contribution in [0.15, 0.2) is 16.6 Å². The third-order valence-electron chi connectivity index (χ3n) is 3.04. The van der Waals surface area contributed by atoms with E-state index in [4.69, 9.17) is 10.8 Å². The molecule has 0 unspecified atom stereocenters. The van der Waals surface area contributed by atoms with E-state index in [0.717, 1.165) is 12.8 Å². The van der Waals surface area contributed by atoms with E-state index in [1.165, 1.54) is 12.1 Å². The van der Waals surface area contributed by atoms with Gasteiger partial charge in [-0.25, -0.2) is 4.39 Å². The Balaban J connectivity index is 2.07. The van der Waals surface area contributed by atoms with E-state index >= 15 is 0 Å². The number of benzene rings is 1. The SMILES string of the molecule is Nc1cc(Br)c(F)cc1NCC1(CO)CC1. The number of nitrogens with two attached hydrogens (primary N) is 1. The Kier molecular flexibility index (Phi) is 3.08. The van der Waals surface area contributed by atoms with Gasteiger partial charge in [0.15, 0.2) is 0 Å². The Morgan fingerprint density at radius 2 is 2.19 bits per heavy atom. The second kappa shape index (κ2) is 4.22. The van der Waals surface area contributed by atoms with Crippen LogP contribution in [-0.2, 0) is 0 Å². The van der Waals surface area contributed by atoms with Crippen LogP contribution in [0.3, 0.4) is 0 Å². The van der Waals surface area contributed by atoms with Gasteiger partial charge in [0.25, 0.3) is 0 Å². The molecule has 0 amide bonds. The van der Waals surface area contributed by atoms with Crippen molar-refractivity contribution in [3.63, 3.8) is 0 Å². The van der Waals surface area contributed by atoms with E-state index in [1.807, 2.05) is 0 Å². The Morgan fingerprint density at radius 3 is 2.75 bits per heavy atom. The number of halogens is 2. The lowest BCUT2D eigenvalue weighted by Gasteiger charge is -2.15. The van der Waals surface area contributed by atoms with E-state index in [0.29, 0.717) is 22.4 Å². The number of nitrogen functional groups attached to an aromatic ring is 1. The van der Waals surface area contributed by atoms with Gasteiger partial charge in [-0.05, 0) is 34.8 Å². The number of aliphatic hydroxyl groups is 1. The normalized spacial score (nSPS) is 17.2. The van der Waals surface area contributed by atoms with Gasteiger partial charge >= 0.3 is 0 Å². The number of nitrogens with one attached hydrogen (secondary N) is 1. The molecule has 1 aromatic rings. The minimum absolute atomic E-state index is 0.0179. The highest BCUT2D eigenvalue weighted by Gasteiger charge is 2.41. The first-order valence-corrected chi connectivity index (χ1v) is 5.95. The lowest BCUT2D eigenvalue weighted by Crippen LogP contribution is -2.19. The van der Waals surface area contributed by atoms with Crippen LogP contribution in [0.1, 0.15) is 12.8 Å². The van der Waals surface area contributed by atoms with E-state index in [1.54, 1.807) is 0 Å². The second-order valence-electron chi connectivity index (χ2n) is 4.37. The summed E-state index contributed by atoms with van der Waals surface area (Å²) in [6, 6.07) is 2.91. The third kappa shape index (κ3) is 2.30. The van der Waals surface area contributed by atoms with Crippen molar-refractivity contribution in [1.82, 2.24) is 0 Å². The molecule has 3 nitrogen and oxygen atoms in total. The zero-order valence-electron chi connectivity index (χ0n) is 8.76. The van der Waals surface area contributed by atoms with Crippen LogP contribution in [0.4, 0.5) is 15.8 Å². The van der Waals surface area contributed by atoms with Crippen LogP contribution in [0.5, 0.6) is 0 Å². The van der Waals surface area contributed by atoms with Gasteiger partial charge in [0.1, 0.15) is 5.82 Å². The largest absolute Gasteiger partial charge is 0.397 e. The maximum Gasteiger partial charge on any atom is 0.139 e. The van der Waals surface area contributed by atoms with Crippen molar-refractivity contribution in [1.29, 1.82) is 0 Å². The first-order valence-electron chi connectivity index (χ1n) is 5.16. The summed E-state index contributed by atoms with van der Waals surface area (Å²) >= 11 is 3.07. The smallest absolute Gasteiger partial charge is 0.139 e. The monoisotopic (exact) mass is 288 g/mol. The number of hydrogen-bond acceptors (Lipinski definition) is 3.